The van der Waals surface area contributed by atoms with Gasteiger partial charge in [0.15, 0.2) is 0 Å². The molecule has 4 N–H and O–H groups in total. The molecule has 2 aliphatic carbocycles. The Morgan fingerprint density at radius 1 is 1.26 bits per heavy atom. The van der Waals surface area contributed by atoms with E-state index in [-0.39, 0.29) is 32.6 Å². The molecule has 39 heavy (non-hydrogen) atoms. The average molecular weight is 571 g/mol. The zero-order valence-electron chi connectivity index (χ0n) is 22.5. The van der Waals surface area contributed by atoms with Crippen molar-refractivity contribution in [3.63, 3.8) is 0 Å². The van der Waals surface area contributed by atoms with Crippen LogP contribution in [-0.4, -0.2) is 96.6 Å². The van der Waals surface area contributed by atoms with Crippen molar-refractivity contribution in [2.24, 2.45) is 5.92 Å². The summed E-state index contributed by atoms with van der Waals surface area (Å²) >= 11 is 0. The van der Waals surface area contributed by atoms with Crippen LogP contribution in [0.4, 0.5) is 4.79 Å². The Hall–Kier alpha value is -2.71. The van der Waals surface area contributed by atoms with Crippen molar-refractivity contribution < 1.29 is 42.2 Å². The van der Waals surface area contributed by atoms with Crippen LogP contribution >= 0.6 is 0 Å². The molecule has 2 saturated carbocycles. The van der Waals surface area contributed by atoms with E-state index in [9.17, 15) is 32.7 Å². The van der Waals surface area contributed by atoms with Crippen molar-refractivity contribution in [2.45, 2.75) is 93.9 Å². The van der Waals surface area contributed by atoms with E-state index in [4.69, 9.17) is 9.47 Å². The third kappa shape index (κ3) is 7.09. The molecule has 2 heterocycles. The van der Waals surface area contributed by atoms with Crippen molar-refractivity contribution >= 4 is 33.8 Å². The summed E-state index contributed by atoms with van der Waals surface area (Å²) in [7, 11) is -3.85. The Labute approximate surface area is 228 Å². The Morgan fingerprint density at radius 3 is 2.64 bits per heavy atom. The molecule has 0 aromatic rings. The minimum atomic E-state index is -3.85. The SMILES string of the molecule is CC(C)(C)OC(=O)N[C@H]1COCCCC=C[C@@H]2C[C@@]2(C(=O)NS(=O)(=O)C2CC2)NC(=O)[C@@H]2C[C@@H](O)CN2C1=O. The molecule has 0 aromatic carbocycles. The molecule has 2 aliphatic heterocycles. The molecule has 218 valence electrons. The number of rotatable bonds is 4. The van der Waals surface area contributed by atoms with Gasteiger partial charge in [-0.3, -0.25) is 19.1 Å². The highest BCUT2D eigenvalue weighted by molar-refractivity contribution is 7.91. The van der Waals surface area contributed by atoms with Crippen LogP contribution in [0, 0.1) is 5.92 Å². The monoisotopic (exact) mass is 570 g/mol. The number of sulfonamides is 1. The fraction of sp³-hybridized carbons (Fsp3) is 0.760. The van der Waals surface area contributed by atoms with E-state index >= 15 is 0 Å². The predicted molar refractivity (Wildman–Crippen MR) is 138 cm³/mol. The number of carbonyl (C=O) groups excluding carboxylic acids is 4. The van der Waals surface area contributed by atoms with Gasteiger partial charge in [0.05, 0.1) is 18.0 Å². The van der Waals surface area contributed by atoms with Gasteiger partial charge in [0.25, 0.3) is 5.91 Å². The number of fused-ring (bicyclic) bond motifs is 2. The normalized spacial score (nSPS) is 32.2. The van der Waals surface area contributed by atoms with Crippen molar-refractivity contribution in [2.75, 3.05) is 19.8 Å². The van der Waals surface area contributed by atoms with Crippen LogP contribution in [0.25, 0.3) is 0 Å². The third-order valence-corrected chi connectivity index (χ3v) is 8.95. The number of allylic oxidation sites excluding steroid dienone is 1. The van der Waals surface area contributed by atoms with Gasteiger partial charge in [-0.15, -0.1) is 0 Å². The summed E-state index contributed by atoms with van der Waals surface area (Å²) in [6.07, 6.45) is 4.01. The quantitative estimate of drug-likeness (QED) is 0.330. The number of aliphatic hydroxyl groups is 1. The molecule has 4 amide bonds. The van der Waals surface area contributed by atoms with Gasteiger partial charge in [0.1, 0.15) is 23.2 Å². The van der Waals surface area contributed by atoms with E-state index in [1.54, 1.807) is 26.8 Å². The van der Waals surface area contributed by atoms with E-state index in [0.717, 1.165) is 4.90 Å². The zero-order valence-corrected chi connectivity index (χ0v) is 23.3. The van der Waals surface area contributed by atoms with Crippen LogP contribution < -0.4 is 15.4 Å². The summed E-state index contributed by atoms with van der Waals surface area (Å²) in [5.74, 6) is -2.58. The maximum absolute atomic E-state index is 13.5. The number of amides is 4. The molecular weight excluding hydrogens is 532 g/mol. The highest BCUT2D eigenvalue weighted by Crippen LogP contribution is 2.46. The molecule has 1 saturated heterocycles. The second-order valence-corrected chi connectivity index (χ2v) is 13.6. The summed E-state index contributed by atoms with van der Waals surface area (Å²) in [5.41, 5.74) is -2.29. The van der Waals surface area contributed by atoms with E-state index < -0.39 is 74.3 Å². The highest BCUT2D eigenvalue weighted by Gasteiger charge is 2.62. The van der Waals surface area contributed by atoms with Crippen molar-refractivity contribution in [1.29, 1.82) is 0 Å². The first kappa shape index (κ1) is 29.3. The second-order valence-electron chi connectivity index (χ2n) is 11.7. The number of alkyl carbamates (subject to hydrolysis) is 1. The van der Waals surface area contributed by atoms with Gasteiger partial charge in [-0.1, -0.05) is 12.2 Å². The number of nitrogens with zero attached hydrogens (tertiary/aromatic N) is 1. The number of nitrogens with one attached hydrogen (secondary N) is 3. The Bertz CT molecular complexity index is 1130. The standard InChI is InChI=1S/C25H38N4O9S/c1-24(2,3)38-23(34)26-18-14-37-10-6-4-5-7-15-12-25(15,22(33)28-39(35,36)17-8-9-17)27-20(31)19-11-16(30)13-29(19)21(18)32/h5,7,15-19,30H,4,6,8-14H2,1-3H3,(H,26,34)(H,27,31)(H,28,33)/t15-,16-,18+,19+,25-/m1/s1. The summed E-state index contributed by atoms with van der Waals surface area (Å²) in [6, 6.07) is -2.33. The largest absolute Gasteiger partial charge is 0.444 e. The maximum atomic E-state index is 13.5. The van der Waals surface area contributed by atoms with Gasteiger partial charge in [-0.2, -0.15) is 0 Å². The molecule has 0 bridgehead atoms. The first-order valence-electron chi connectivity index (χ1n) is 13.3. The molecule has 0 unspecified atom stereocenters. The summed E-state index contributed by atoms with van der Waals surface area (Å²) < 4.78 is 38.0. The van der Waals surface area contributed by atoms with Crippen LogP contribution in [0.15, 0.2) is 12.2 Å². The van der Waals surface area contributed by atoms with Gasteiger partial charge in [-0.25, -0.2) is 13.2 Å². The van der Waals surface area contributed by atoms with Crippen LogP contribution in [0.3, 0.4) is 0 Å². The fourth-order valence-electron chi connectivity index (χ4n) is 4.86. The van der Waals surface area contributed by atoms with Gasteiger partial charge >= 0.3 is 6.09 Å². The number of hydrogen-bond donors (Lipinski definition) is 4. The van der Waals surface area contributed by atoms with Gasteiger partial charge in [-0.05, 0) is 52.9 Å². The minimum Gasteiger partial charge on any atom is -0.444 e. The number of aliphatic hydroxyl groups excluding tert-OH is 1. The average Bonchev–Trinajstić information content (AvgIpc) is 3.73. The molecule has 5 atom stereocenters. The Kier molecular flexibility index (Phi) is 8.29. The maximum Gasteiger partial charge on any atom is 0.408 e. The van der Waals surface area contributed by atoms with Crippen LogP contribution in [-0.2, 0) is 33.9 Å². The molecule has 3 fully saturated rings. The van der Waals surface area contributed by atoms with Crippen molar-refractivity contribution in [3.8, 4) is 0 Å². The van der Waals surface area contributed by atoms with E-state index in [0.29, 0.717) is 25.7 Å². The van der Waals surface area contributed by atoms with E-state index in [1.807, 2.05) is 6.08 Å². The number of ether oxygens (including phenoxy) is 2. The van der Waals surface area contributed by atoms with Crippen LogP contribution in [0.1, 0.15) is 59.3 Å². The summed E-state index contributed by atoms with van der Waals surface area (Å²) in [6.45, 7) is 4.99. The molecule has 0 spiro atoms. The van der Waals surface area contributed by atoms with Gasteiger partial charge in [0.2, 0.25) is 21.8 Å². The topological polar surface area (TPSA) is 180 Å². The van der Waals surface area contributed by atoms with Crippen molar-refractivity contribution in [3.05, 3.63) is 12.2 Å². The first-order chi connectivity index (χ1) is 18.2. The molecule has 13 nitrogen and oxygen atoms in total. The minimum absolute atomic E-state index is 0.0871. The number of carbonyl (C=O) groups is 4. The molecular formula is C25H38N4O9S. The lowest BCUT2D eigenvalue weighted by atomic mass is 10.1. The third-order valence-electron chi connectivity index (χ3n) is 7.13. The van der Waals surface area contributed by atoms with Gasteiger partial charge in [0, 0.05) is 25.5 Å². The fourth-order valence-corrected chi connectivity index (χ4v) is 6.23. The van der Waals surface area contributed by atoms with Crippen LogP contribution in [0.5, 0.6) is 0 Å². The molecule has 4 rings (SSSR count). The van der Waals surface area contributed by atoms with E-state index in [1.165, 1.54) is 0 Å². The number of hydrogen-bond acceptors (Lipinski definition) is 9. The predicted octanol–water partition coefficient (Wildman–Crippen LogP) is -0.309. The summed E-state index contributed by atoms with van der Waals surface area (Å²) in [4.78, 5) is 53.9. The molecule has 0 radical (unpaired) electrons. The molecule has 4 aliphatic rings. The molecule has 14 heteroatoms. The van der Waals surface area contributed by atoms with Crippen LogP contribution in [0.2, 0.25) is 0 Å². The first-order valence-corrected chi connectivity index (χ1v) is 14.9. The highest BCUT2D eigenvalue weighted by atomic mass is 32.2. The lowest BCUT2D eigenvalue weighted by molar-refractivity contribution is -0.142. The lowest BCUT2D eigenvalue weighted by Crippen LogP contribution is -2.59. The van der Waals surface area contributed by atoms with Gasteiger partial charge < -0.3 is 30.1 Å². The smallest absolute Gasteiger partial charge is 0.408 e. The molecule has 0 aromatic heterocycles. The summed E-state index contributed by atoms with van der Waals surface area (Å²) in [5, 5.41) is 15.0. The Morgan fingerprint density at radius 2 is 1.97 bits per heavy atom. The lowest BCUT2D eigenvalue weighted by Gasteiger charge is -2.30. The Balaban J connectivity index is 1.57. The van der Waals surface area contributed by atoms with Crippen molar-refractivity contribution in [1.82, 2.24) is 20.3 Å². The second kappa shape index (κ2) is 11.0. The van der Waals surface area contributed by atoms with E-state index in [2.05, 4.69) is 15.4 Å². The zero-order chi connectivity index (χ0) is 28.6.